The molecule has 0 aliphatic heterocycles. The minimum atomic E-state index is -0.383. The van der Waals surface area contributed by atoms with E-state index in [9.17, 15) is 9.59 Å². The number of ether oxygens (including phenoxy) is 1. The molecule has 114 valence electrons. The van der Waals surface area contributed by atoms with E-state index < -0.39 is 0 Å². The predicted molar refractivity (Wildman–Crippen MR) is 82.7 cm³/mol. The van der Waals surface area contributed by atoms with Gasteiger partial charge >= 0.3 is 5.97 Å². The smallest absolute Gasteiger partial charge is 0.337 e. The SMILES string of the molecule is CNc1ccc(C(=O)NCc2ccc(C(=O)OC)cc2)cn1. The van der Waals surface area contributed by atoms with Crippen LogP contribution in [0.1, 0.15) is 26.3 Å². The molecule has 1 aromatic heterocycles. The van der Waals surface area contributed by atoms with Crippen molar-refractivity contribution in [3.8, 4) is 0 Å². The number of pyridine rings is 1. The van der Waals surface area contributed by atoms with Crippen molar-refractivity contribution in [3.05, 3.63) is 59.3 Å². The Morgan fingerprint density at radius 1 is 1.09 bits per heavy atom. The molecular weight excluding hydrogens is 282 g/mol. The number of carbonyl (C=O) groups is 2. The van der Waals surface area contributed by atoms with Gasteiger partial charge < -0.3 is 15.4 Å². The van der Waals surface area contributed by atoms with Crippen molar-refractivity contribution in [1.82, 2.24) is 10.3 Å². The first-order valence-corrected chi connectivity index (χ1v) is 6.73. The molecule has 6 nitrogen and oxygen atoms in total. The first-order chi connectivity index (χ1) is 10.6. The maximum atomic E-state index is 12.0. The monoisotopic (exact) mass is 299 g/mol. The fraction of sp³-hybridized carbons (Fsp3) is 0.188. The zero-order valence-corrected chi connectivity index (χ0v) is 12.4. The number of hydrogen-bond donors (Lipinski definition) is 2. The second-order valence-corrected chi connectivity index (χ2v) is 4.55. The van der Waals surface area contributed by atoms with Gasteiger partial charge in [0, 0.05) is 19.8 Å². The number of esters is 1. The van der Waals surface area contributed by atoms with E-state index in [0.717, 1.165) is 5.56 Å². The molecule has 1 heterocycles. The van der Waals surface area contributed by atoms with Crippen LogP contribution in [0.25, 0.3) is 0 Å². The summed E-state index contributed by atoms with van der Waals surface area (Å²) in [7, 11) is 3.10. The average molecular weight is 299 g/mol. The number of nitrogens with one attached hydrogen (secondary N) is 2. The maximum absolute atomic E-state index is 12.0. The largest absolute Gasteiger partial charge is 0.465 e. The predicted octanol–water partition coefficient (Wildman–Crippen LogP) is 1.84. The van der Waals surface area contributed by atoms with Gasteiger partial charge in [-0.3, -0.25) is 4.79 Å². The summed E-state index contributed by atoms with van der Waals surface area (Å²) in [5, 5.41) is 5.69. The zero-order valence-electron chi connectivity index (χ0n) is 12.4. The fourth-order valence-electron chi connectivity index (χ4n) is 1.84. The van der Waals surface area contributed by atoms with Crippen LogP contribution in [0.3, 0.4) is 0 Å². The Kier molecular flexibility index (Phi) is 5.08. The van der Waals surface area contributed by atoms with Crippen molar-refractivity contribution in [2.75, 3.05) is 19.5 Å². The molecule has 1 amide bonds. The van der Waals surface area contributed by atoms with Crippen LogP contribution in [0.2, 0.25) is 0 Å². The highest BCUT2D eigenvalue weighted by Gasteiger charge is 2.07. The average Bonchev–Trinajstić information content (AvgIpc) is 2.59. The van der Waals surface area contributed by atoms with Crippen molar-refractivity contribution in [3.63, 3.8) is 0 Å². The Morgan fingerprint density at radius 2 is 1.77 bits per heavy atom. The molecule has 0 atom stereocenters. The molecular formula is C16H17N3O3. The number of benzene rings is 1. The lowest BCUT2D eigenvalue weighted by atomic mass is 10.1. The van der Waals surface area contributed by atoms with Crippen molar-refractivity contribution in [2.24, 2.45) is 0 Å². The van der Waals surface area contributed by atoms with E-state index in [1.807, 2.05) is 0 Å². The van der Waals surface area contributed by atoms with Gasteiger partial charge in [0.05, 0.1) is 18.2 Å². The van der Waals surface area contributed by atoms with E-state index in [4.69, 9.17) is 0 Å². The summed E-state index contributed by atoms with van der Waals surface area (Å²) in [4.78, 5) is 27.4. The van der Waals surface area contributed by atoms with Crippen molar-refractivity contribution >= 4 is 17.7 Å². The fourth-order valence-corrected chi connectivity index (χ4v) is 1.84. The van der Waals surface area contributed by atoms with Crippen LogP contribution in [-0.2, 0) is 11.3 Å². The number of aromatic nitrogens is 1. The van der Waals surface area contributed by atoms with Gasteiger partial charge in [-0.05, 0) is 29.8 Å². The molecule has 2 N–H and O–H groups in total. The molecule has 0 bridgehead atoms. The molecule has 0 aliphatic rings. The van der Waals surface area contributed by atoms with Gasteiger partial charge in [-0.25, -0.2) is 9.78 Å². The highest BCUT2D eigenvalue weighted by Crippen LogP contribution is 2.07. The van der Waals surface area contributed by atoms with Gasteiger partial charge in [-0.2, -0.15) is 0 Å². The number of nitrogens with zero attached hydrogens (tertiary/aromatic N) is 1. The number of amides is 1. The molecule has 6 heteroatoms. The molecule has 22 heavy (non-hydrogen) atoms. The Balaban J connectivity index is 1.94. The van der Waals surface area contributed by atoms with Crippen LogP contribution >= 0.6 is 0 Å². The van der Waals surface area contributed by atoms with Crippen LogP contribution in [0.5, 0.6) is 0 Å². The number of anilines is 1. The number of rotatable bonds is 5. The van der Waals surface area contributed by atoms with Crippen molar-refractivity contribution in [1.29, 1.82) is 0 Å². The molecule has 0 radical (unpaired) electrons. The Bertz CT molecular complexity index is 651. The van der Waals surface area contributed by atoms with E-state index in [1.54, 1.807) is 43.4 Å². The van der Waals surface area contributed by atoms with Crippen LogP contribution in [0, 0.1) is 0 Å². The summed E-state index contributed by atoms with van der Waals surface area (Å²) in [6.45, 7) is 0.369. The van der Waals surface area contributed by atoms with E-state index in [1.165, 1.54) is 13.3 Å². The third-order valence-corrected chi connectivity index (χ3v) is 3.11. The first kappa shape index (κ1) is 15.5. The number of methoxy groups -OCH3 is 1. The maximum Gasteiger partial charge on any atom is 0.337 e. The molecule has 0 saturated heterocycles. The molecule has 0 fully saturated rings. The highest BCUT2D eigenvalue weighted by molar-refractivity contribution is 5.94. The molecule has 2 aromatic rings. The lowest BCUT2D eigenvalue weighted by Crippen LogP contribution is -2.23. The molecule has 2 rings (SSSR count). The quantitative estimate of drug-likeness (QED) is 0.823. The van der Waals surface area contributed by atoms with E-state index in [0.29, 0.717) is 23.5 Å². The molecule has 0 saturated carbocycles. The molecule has 0 aliphatic carbocycles. The summed E-state index contributed by atoms with van der Waals surface area (Å²) in [5.41, 5.74) is 1.86. The molecule has 1 aromatic carbocycles. The Labute approximate surface area is 128 Å². The Morgan fingerprint density at radius 3 is 2.32 bits per heavy atom. The zero-order chi connectivity index (χ0) is 15.9. The van der Waals surface area contributed by atoms with Gasteiger partial charge in [-0.1, -0.05) is 12.1 Å². The standard InChI is InChI=1S/C16H17N3O3/c1-17-14-8-7-13(10-18-14)15(20)19-9-11-3-5-12(6-4-11)16(21)22-2/h3-8,10H,9H2,1-2H3,(H,17,18)(H,19,20). The lowest BCUT2D eigenvalue weighted by molar-refractivity contribution is 0.0600. The summed E-state index contributed by atoms with van der Waals surface area (Å²) >= 11 is 0. The van der Waals surface area contributed by atoms with Crippen LogP contribution in [0.15, 0.2) is 42.6 Å². The first-order valence-electron chi connectivity index (χ1n) is 6.73. The van der Waals surface area contributed by atoms with Crippen LogP contribution in [0.4, 0.5) is 5.82 Å². The third-order valence-electron chi connectivity index (χ3n) is 3.11. The van der Waals surface area contributed by atoms with Gasteiger partial charge in [0.2, 0.25) is 0 Å². The molecule has 0 spiro atoms. The number of carbonyl (C=O) groups excluding carboxylic acids is 2. The minimum absolute atomic E-state index is 0.202. The van der Waals surface area contributed by atoms with E-state index in [2.05, 4.69) is 20.4 Å². The summed E-state index contributed by atoms with van der Waals surface area (Å²) in [5.74, 6) is 0.119. The van der Waals surface area contributed by atoms with Gasteiger partial charge in [0.15, 0.2) is 0 Å². The highest BCUT2D eigenvalue weighted by atomic mass is 16.5. The van der Waals surface area contributed by atoms with Gasteiger partial charge in [0.25, 0.3) is 5.91 Å². The van der Waals surface area contributed by atoms with Gasteiger partial charge in [-0.15, -0.1) is 0 Å². The van der Waals surface area contributed by atoms with Crippen molar-refractivity contribution < 1.29 is 14.3 Å². The Hall–Kier alpha value is -2.89. The van der Waals surface area contributed by atoms with Gasteiger partial charge in [0.1, 0.15) is 5.82 Å². The minimum Gasteiger partial charge on any atom is -0.465 e. The van der Waals surface area contributed by atoms with Crippen molar-refractivity contribution in [2.45, 2.75) is 6.54 Å². The molecule has 0 unspecified atom stereocenters. The summed E-state index contributed by atoms with van der Waals surface area (Å²) in [6, 6.07) is 10.3. The summed E-state index contributed by atoms with van der Waals surface area (Å²) < 4.78 is 4.63. The lowest BCUT2D eigenvalue weighted by Gasteiger charge is -2.07. The van der Waals surface area contributed by atoms with E-state index >= 15 is 0 Å². The van der Waals surface area contributed by atoms with Crippen LogP contribution in [-0.4, -0.2) is 31.0 Å². The summed E-state index contributed by atoms with van der Waals surface area (Å²) in [6.07, 6.45) is 1.52. The van der Waals surface area contributed by atoms with Crippen LogP contribution < -0.4 is 10.6 Å². The third kappa shape index (κ3) is 3.82. The number of hydrogen-bond acceptors (Lipinski definition) is 5. The second kappa shape index (κ2) is 7.21. The second-order valence-electron chi connectivity index (χ2n) is 4.55. The normalized spacial score (nSPS) is 9.91. The van der Waals surface area contributed by atoms with E-state index in [-0.39, 0.29) is 11.9 Å². The topological polar surface area (TPSA) is 80.3 Å².